The minimum absolute atomic E-state index is 0.231. The molecule has 3 aromatic carbocycles. The third kappa shape index (κ3) is 4.73. The molecule has 1 N–H and O–H groups in total. The van der Waals surface area contributed by atoms with Gasteiger partial charge in [0, 0.05) is 16.7 Å². The lowest BCUT2D eigenvalue weighted by atomic mass is 10.0. The summed E-state index contributed by atoms with van der Waals surface area (Å²) < 4.78 is 19.0. The maximum Gasteiger partial charge on any atom is 0.337 e. The molecule has 5 heteroatoms. The van der Waals surface area contributed by atoms with E-state index in [-0.39, 0.29) is 12.0 Å². The molecule has 0 aliphatic carbocycles. The number of carbonyl (C=O) groups excluding carboxylic acids is 1. The smallest absolute Gasteiger partial charge is 0.337 e. The fraction of sp³-hybridized carbons (Fsp3) is 0.125. The van der Waals surface area contributed by atoms with Crippen LogP contribution in [0.15, 0.2) is 97.6 Å². The molecule has 0 spiro atoms. The van der Waals surface area contributed by atoms with Crippen LogP contribution in [0.5, 0.6) is 0 Å². The summed E-state index contributed by atoms with van der Waals surface area (Å²) in [5, 5.41) is 4.90. The van der Waals surface area contributed by atoms with Crippen molar-refractivity contribution in [2.75, 3.05) is 7.11 Å². The molecule has 0 saturated carbocycles. The maximum atomic E-state index is 14.3. The Balaban J connectivity index is 2.01. The highest BCUT2D eigenvalue weighted by Gasteiger charge is 2.30. The first-order valence-electron chi connectivity index (χ1n) is 9.36. The number of benzene rings is 3. The second kappa shape index (κ2) is 9.51. The second-order valence-corrected chi connectivity index (χ2v) is 9.11. The number of nitrogens with one attached hydrogen (secondary N) is 1. The molecule has 148 valence electrons. The van der Waals surface area contributed by atoms with E-state index in [9.17, 15) is 9.36 Å². The zero-order chi connectivity index (χ0) is 20.7. The molecule has 0 aromatic heterocycles. The molecule has 3 aromatic rings. The van der Waals surface area contributed by atoms with Crippen molar-refractivity contribution in [1.82, 2.24) is 5.09 Å². The van der Waals surface area contributed by atoms with E-state index in [1.54, 1.807) is 18.2 Å². The Labute approximate surface area is 171 Å². The minimum Gasteiger partial charge on any atom is -0.465 e. The molecule has 4 nitrogen and oxygen atoms in total. The van der Waals surface area contributed by atoms with Crippen molar-refractivity contribution in [3.05, 3.63) is 109 Å². The van der Waals surface area contributed by atoms with Crippen molar-refractivity contribution in [1.29, 1.82) is 0 Å². The van der Waals surface area contributed by atoms with Crippen LogP contribution in [-0.4, -0.2) is 13.1 Å². The molecule has 0 heterocycles. The summed E-state index contributed by atoms with van der Waals surface area (Å²) in [6.07, 6.45) is 2.38. The van der Waals surface area contributed by atoms with Crippen LogP contribution >= 0.6 is 7.29 Å². The number of hydrogen-bond acceptors (Lipinski definition) is 3. The van der Waals surface area contributed by atoms with Crippen LogP contribution in [-0.2, 0) is 9.30 Å². The Morgan fingerprint density at radius 1 is 0.966 bits per heavy atom. The number of hydrogen-bond donors (Lipinski definition) is 1. The van der Waals surface area contributed by atoms with E-state index in [2.05, 4.69) is 11.7 Å². The average Bonchev–Trinajstić information content (AvgIpc) is 2.79. The Morgan fingerprint density at radius 2 is 1.48 bits per heavy atom. The van der Waals surface area contributed by atoms with Crippen molar-refractivity contribution in [3.8, 4) is 0 Å². The highest BCUT2D eigenvalue weighted by atomic mass is 31.2. The molecule has 0 fully saturated rings. The lowest BCUT2D eigenvalue weighted by Crippen LogP contribution is -2.30. The van der Waals surface area contributed by atoms with Crippen molar-refractivity contribution in [2.24, 2.45) is 0 Å². The zero-order valence-electron chi connectivity index (χ0n) is 16.3. The fourth-order valence-corrected chi connectivity index (χ4v) is 5.67. The average molecular weight is 405 g/mol. The van der Waals surface area contributed by atoms with Crippen LogP contribution in [0.2, 0.25) is 0 Å². The monoisotopic (exact) mass is 405 g/mol. The molecule has 29 heavy (non-hydrogen) atoms. The van der Waals surface area contributed by atoms with Crippen LogP contribution in [0, 0.1) is 0 Å². The molecular weight excluding hydrogens is 381 g/mol. The number of methoxy groups -OCH3 is 1. The first-order chi connectivity index (χ1) is 14.1. The van der Waals surface area contributed by atoms with E-state index in [1.807, 2.05) is 72.8 Å². The maximum absolute atomic E-state index is 14.3. The van der Waals surface area contributed by atoms with Gasteiger partial charge in [0.05, 0.1) is 12.7 Å². The number of carbonyl (C=O) groups is 1. The summed E-state index contributed by atoms with van der Waals surface area (Å²) in [5.74, 6) is -0.385. The Kier molecular flexibility index (Phi) is 6.82. The van der Waals surface area contributed by atoms with E-state index in [0.717, 1.165) is 16.2 Å². The number of ether oxygens (including phenoxy) is 1. The molecule has 0 amide bonds. The molecule has 0 saturated heterocycles. The van der Waals surface area contributed by atoms with Gasteiger partial charge in [-0.3, -0.25) is 9.65 Å². The Bertz CT molecular complexity index is 958. The molecule has 0 aliphatic rings. The summed E-state index contributed by atoms with van der Waals surface area (Å²) in [4.78, 5) is 11.7. The van der Waals surface area contributed by atoms with E-state index in [0.29, 0.717) is 12.0 Å². The van der Waals surface area contributed by atoms with Gasteiger partial charge in [-0.1, -0.05) is 54.6 Å². The summed E-state index contributed by atoms with van der Waals surface area (Å²) >= 11 is 0. The quantitative estimate of drug-likeness (QED) is 0.338. The van der Waals surface area contributed by atoms with E-state index >= 15 is 0 Å². The summed E-state index contributed by atoms with van der Waals surface area (Å²) in [6, 6.07) is 25.8. The summed E-state index contributed by atoms with van der Waals surface area (Å²) in [6.45, 7) is 3.86. The third-order valence-corrected chi connectivity index (χ3v) is 7.44. The van der Waals surface area contributed by atoms with Gasteiger partial charge in [0.1, 0.15) is 0 Å². The first kappa shape index (κ1) is 20.8. The number of rotatable bonds is 8. The Morgan fingerprint density at radius 3 is 1.93 bits per heavy atom. The predicted octanol–water partition coefficient (Wildman–Crippen LogP) is 4.61. The molecule has 3 rings (SSSR count). The van der Waals surface area contributed by atoms with Crippen molar-refractivity contribution in [2.45, 2.75) is 12.5 Å². The second-order valence-electron chi connectivity index (χ2n) is 6.60. The topological polar surface area (TPSA) is 55.4 Å². The third-order valence-electron chi connectivity index (χ3n) is 4.71. The molecule has 0 radical (unpaired) electrons. The lowest BCUT2D eigenvalue weighted by Gasteiger charge is -2.27. The normalized spacial score (nSPS) is 12.2. The van der Waals surface area contributed by atoms with Gasteiger partial charge in [0.2, 0.25) is 7.29 Å². The molecule has 0 bridgehead atoms. The van der Waals surface area contributed by atoms with Gasteiger partial charge in [-0.15, -0.1) is 6.58 Å². The summed E-state index contributed by atoms with van der Waals surface area (Å²) in [7, 11) is -1.75. The van der Waals surface area contributed by atoms with Crippen molar-refractivity contribution in [3.63, 3.8) is 0 Å². The van der Waals surface area contributed by atoms with E-state index < -0.39 is 7.29 Å². The van der Waals surface area contributed by atoms with Gasteiger partial charge in [-0.25, -0.2) is 4.79 Å². The van der Waals surface area contributed by atoms with E-state index in [4.69, 9.17) is 4.74 Å². The summed E-state index contributed by atoms with van der Waals surface area (Å²) in [5.41, 5.74) is 1.40. The highest BCUT2D eigenvalue weighted by Crippen LogP contribution is 2.42. The SMILES string of the molecule is C=CC[C@@H](NP(=O)(c1ccccc1)c1ccccc1)c1ccc(C(=O)OC)cc1. The predicted molar refractivity (Wildman–Crippen MR) is 118 cm³/mol. The van der Waals surface area contributed by atoms with Crippen molar-refractivity contribution >= 4 is 23.9 Å². The molecule has 1 atom stereocenters. The van der Waals surface area contributed by atoms with Crippen LogP contribution in [0.4, 0.5) is 0 Å². The fourth-order valence-electron chi connectivity index (χ4n) is 3.19. The van der Waals surface area contributed by atoms with Gasteiger partial charge < -0.3 is 4.74 Å². The van der Waals surface area contributed by atoms with Crippen LogP contribution in [0.3, 0.4) is 0 Å². The lowest BCUT2D eigenvalue weighted by molar-refractivity contribution is 0.0600. The van der Waals surface area contributed by atoms with E-state index in [1.165, 1.54) is 7.11 Å². The van der Waals surface area contributed by atoms with Gasteiger partial charge in [0.25, 0.3) is 0 Å². The molecule has 0 aliphatic heterocycles. The standard InChI is InChI=1S/C24H24NO3P/c1-3-10-23(19-15-17-20(18-16-19)24(26)28-2)25-29(27,21-11-6-4-7-12-21)22-13-8-5-9-14-22/h3-9,11-18,23H,1,10H2,2H3,(H,25,27)/t23-/m1/s1. The largest absolute Gasteiger partial charge is 0.465 e. The zero-order valence-corrected chi connectivity index (χ0v) is 17.2. The Hall–Kier alpha value is -2.94. The van der Waals surface area contributed by atoms with Gasteiger partial charge in [-0.05, 0) is 48.4 Å². The minimum atomic E-state index is -3.10. The van der Waals surface area contributed by atoms with Gasteiger partial charge in [-0.2, -0.15) is 0 Å². The van der Waals surface area contributed by atoms with Crippen molar-refractivity contribution < 1.29 is 14.1 Å². The molecular formula is C24H24NO3P. The number of esters is 1. The van der Waals surface area contributed by atoms with Gasteiger partial charge >= 0.3 is 5.97 Å². The van der Waals surface area contributed by atoms with Crippen LogP contribution in [0.1, 0.15) is 28.4 Å². The molecule has 0 unspecified atom stereocenters. The first-order valence-corrected chi connectivity index (χ1v) is 11.1. The highest BCUT2D eigenvalue weighted by molar-refractivity contribution is 7.76. The van der Waals surface area contributed by atoms with Crippen LogP contribution in [0.25, 0.3) is 0 Å². The van der Waals surface area contributed by atoms with Gasteiger partial charge in [0.15, 0.2) is 0 Å². The van der Waals surface area contributed by atoms with Crippen LogP contribution < -0.4 is 15.7 Å².